The van der Waals surface area contributed by atoms with Gasteiger partial charge in [-0.1, -0.05) is 26.0 Å². The number of benzene rings is 1. The third kappa shape index (κ3) is 18.4. The molecule has 28 N–H and O–H groups in total. The second-order valence-electron chi connectivity index (χ2n) is 28.6. The Hall–Kier alpha value is -3.68. The number of nitrogens with two attached hydrogens (primary N) is 1. The Bertz CT molecular complexity index is 3020. The maximum Gasteiger partial charge on any atom is 0.243 e. The van der Waals surface area contributed by atoms with Crippen LogP contribution in [0, 0.1) is 5.41 Å². The Morgan fingerprint density at radius 3 is 0.845 bits per heavy atom. The van der Waals surface area contributed by atoms with Crippen molar-refractivity contribution in [2.75, 3.05) is 66.5 Å². The third-order valence-electron chi connectivity index (χ3n) is 21.2. The van der Waals surface area contributed by atoms with Crippen molar-refractivity contribution < 1.29 is 213 Å². The lowest BCUT2D eigenvalue weighted by Crippen LogP contribution is -2.68. The van der Waals surface area contributed by atoms with Crippen molar-refractivity contribution in [3.63, 3.8) is 0 Å². The molecule has 0 aromatic heterocycles. The van der Waals surface area contributed by atoms with E-state index in [-0.39, 0.29) is 18.2 Å². The van der Waals surface area contributed by atoms with Crippen LogP contribution in [0.3, 0.4) is 0 Å². The van der Waals surface area contributed by atoms with Gasteiger partial charge in [-0.15, -0.1) is 0 Å². The van der Waals surface area contributed by atoms with Crippen LogP contribution >= 0.6 is 0 Å². The average Bonchev–Trinajstić information content (AvgIpc) is 1.60. The number of carbonyl (C=O) groups excluding carboxylic acids is 2. The summed E-state index contributed by atoms with van der Waals surface area (Å²) in [7, 11) is 1.17. The maximum atomic E-state index is 12.8. The van der Waals surface area contributed by atoms with Crippen molar-refractivity contribution in [2.24, 2.45) is 11.1 Å². The van der Waals surface area contributed by atoms with Gasteiger partial charge in [0, 0.05) is 18.6 Å². The summed E-state index contributed by atoms with van der Waals surface area (Å²) in [6.45, 7) is -4.68. The van der Waals surface area contributed by atoms with Crippen LogP contribution in [-0.4, -0.2) is 459 Å². The van der Waals surface area contributed by atoms with Crippen molar-refractivity contribution in [3.8, 4) is 5.75 Å². The molecule has 46 nitrogen and oxygen atoms in total. The number of methoxy groups -OCH3 is 1. The second-order valence-corrected chi connectivity index (χ2v) is 28.6. The normalized spacial score (nSPS) is 48.0. The molecular weight excluding hydrogens is 1500 g/mol. The summed E-state index contributed by atoms with van der Waals surface area (Å²) in [5, 5.41) is 269. The van der Waals surface area contributed by atoms with Gasteiger partial charge in [-0.05, 0) is 24.1 Å². The van der Waals surface area contributed by atoms with Gasteiger partial charge >= 0.3 is 0 Å². The summed E-state index contributed by atoms with van der Waals surface area (Å²) >= 11 is 0. The zero-order valence-corrected chi connectivity index (χ0v) is 59.2. The quantitative estimate of drug-likeness (QED) is 0.0354. The van der Waals surface area contributed by atoms with Crippen LogP contribution in [0.4, 0.5) is 0 Å². The molecule has 9 saturated heterocycles. The third-order valence-corrected chi connectivity index (χ3v) is 21.2. The van der Waals surface area contributed by atoms with E-state index in [1.807, 2.05) is 13.8 Å². The lowest BCUT2D eigenvalue weighted by atomic mass is 9.78. The highest BCUT2D eigenvalue weighted by Crippen LogP contribution is 2.41. The fraction of sp³-hybridized carbons (Fsp3) is 0.875. The van der Waals surface area contributed by atoms with Gasteiger partial charge < -0.3 is 219 Å². The minimum Gasteiger partial charge on any atom is -0.462 e. The van der Waals surface area contributed by atoms with Gasteiger partial charge in [0.05, 0.1) is 59.4 Å². The van der Waals surface area contributed by atoms with Gasteiger partial charge in [0.1, 0.15) is 207 Å². The van der Waals surface area contributed by atoms with Crippen molar-refractivity contribution in [3.05, 3.63) is 29.8 Å². The minimum absolute atomic E-state index is 0.125. The summed E-state index contributed by atoms with van der Waals surface area (Å²) in [4.78, 5) is 24.8. The van der Waals surface area contributed by atoms with Gasteiger partial charge in [0.15, 0.2) is 44.0 Å². The molecular formula is C64H103N3O43. The van der Waals surface area contributed by atoms with Gasteiger partial charge in [0.25, 0.3) is 0 Å². The SMILES string of the molecule is COC1C(CO)OC(OC2C(CO)OC(OC3C(CO)OC(OC4C(CO)OC(OC5C(CO)OC(OC6C(CO)OC(OC7C(CO)OC(OC8C(CO)OC(Oc9ccc(CC%10NC(=O)C(NC(=O)CN)C%10(C)C)cc9)C(O)C8O)C(O)C7O)C(O)C6O)C(O)C5O)C(O)C4O)C(O)C3O)C(O)C2O)C(O)C1O. The van der Waals surface area contributed by atoms with Crippen molar-refractivity contribution in [2.45, 2.75) is 278 Å². The number of carbonyl (C=O) groups is 2. The van der Waals surface area contributed by atoms with E-state index in [4.69, 9.17) is 86.3 Å². The molecule has 9 heterocycles. The number of rotatable bonds is 29. The highest BCUT2D eigenvalue weighted by molar-refractivity contribution is 5.91. The summed E-state index contributed by atoms with van der Waals surface area (Å²) in [6.07, 6.45) is -77.1. The van der Waals surface area contributed by atoms with Gasteiger partial charge in [-0.3, -0.25) is 9.59 Å². The Morgan fingerprint density at radius 1 is 0.382 bits per heavy atom. The van der Waals surface area contributed by atoms with E-state index in [1.165, 1.54) is 19.2 Å². The lowest BCUT2D eigenvalue weighted by Gasteiger charge is -2.50. The molecule has 9 aliphatic heterocycles. The number of ether oxygens (including phenoxy) is 17. The molecule has 0 spiro atoms. The molecule has 0 aliphatic carbocycles. The Kier molecular flexibility index (Phi) is 30.8. The van der Waals surface area contributed by atoms with Crippen molar-refractivity contribution >= 4 is 11.8 Å². The van der Waals surface area contributed by atoms with Crippen LogP contribution < -0.4 is 21.1 Å². The number of aliphatic hydroxyl groups excluding tert-OH is 24. The summed E-state index contributed by atoms with van der Waals surface area (Å²) in [5.74, 6) is -0.751. The van der Waals surface area contributed by atoms with Crippen LogP contribution in [0.1, 0.15) is 19.4 Å². The average molecular weight is 1600 g/mol. The first-order chi connectivity index (χ1) is 52.3. The first-order valence-corrected chi connectivity index (χ1v) is 35.4. The monoisotopic (exact) mass is 1600 g/mol. The predicted octanol–water partition coefficient (Wildman–Crippen LogP) is -17.2. The number of aliphatic hydroxyl groups is 24. The number of hydrogen-bond donors (Lipinski definition) is 27. The molecule has 1 aromatic rings. The molecule has 10 rings (SSSR count). The molecule has 2 amide bonds. The fourth-order valence-electron chi connectivity index (χ4n) is 14.7. The summed E-state index contributed by atoms with van der Waals surface area (Å²) < 4.78 is 96.6. The fourth-order valence-corrected chi connectivity index (χ4v) is 14.7. The van der Waals surface area contributed by atoms with E-state index < -0.39 is 322 Å². The number of hydrogen-bond acceptors (Lipinski definition) is 44. The molecule has 46 heteroatoms. The zero-order valence-electron chi connectivity index (χ0n) is 59.2. The summed E-state index contributed by atoms with van der Waals surface area (Å²) in [5.41, 5.74) is 5.44. The largest absolute Gasteiger partial charge is 0.462 e. The Labute approximate surface area is 624 Å². The van der Waals surface area contributed by atoms with Crippen molar-refractivity contribution in [1.29, 1.82) is 0 Å². The molecule has 0 bridgehead atoms. The smallest absolute Gasteiger partial charge is 0.243 e. The van der Waals surface area contributed by atoms with E-state index in [0.717, 1.165) is 5.56 Å². The molecule has 42 unspecified atom stereocenters. The molecule has 42 atom stereocenters. The first-order valence-electron chi connectivity index (χ1n) is 35.4. The highest BCUT2D eigenvalue weighted by atomic mass is 16.8. The highest BCUT2D eigenvalue weighted by Gasteiger charge is 2.60. The van der Waals surface area contributed by atoms with E-state index in [9.17, 15) is 132 Å². The van der Waals surface area contributed by atoms with E-state index in [2.05, 4.69) is 10.6 Å². The molecule has 9 fully saturated rings. The van der Waals surface area contributed by atoms with Gasteiger partial charge in [-0.2, -0.15) is 0 Å². The maximum absolute atomic E-state index is 12.8. The standard InChI is InChI=1S/C64H103N3O43/c1-64(2)28(66-55(93)54(64)67-29(76)9-65)8-18-4-6-19(7-5-18)95-56-39(86)31(78)47(21(11-69)97-56)105-58-41(88)33(80)49(23(13-71)99-58)107-60-43(90)35(82)51(25(15-73)101-60)109-62-45(92)37(84)53(27(17-75)103-62)110-63-44(91)36(83)52(26(16-74)102-63)108-61-42(89)34(81)50(24(14-72)100-61)106-59-40(87)32(79)48(22(12-70)98-59)104-57-38(85)30(77)46(94-3)20(10-68)96-57/h4-7,20-28,30-54,56-63,68-75,77-92H,8-17,65H2,1-3H3,(H,66,93)(H,67,76). The van der Waals surface area contributed by atoms with Gasteiger partial charge in [-0.25, -0.2) is 0 Å². The Balaban J connectivity index is 0.699. The van der Waals surface area contributed by atoms with Gasteiger partial charge in [0.2, 0.25) is 18.1 Å². The zero-order chi connectivity index (χ0) is 80.4. The lowest BCUT2D eigenvalue weighted by molar-refractivity contribution is -0.399. The van der Waals surface area contributed by atoms with Crippen LogP contribution in [0.15, 0.2) is 24.3 Å². The number of amides is 2. The van der Waals surface area contributed by atoms with E-state index in [1.54, 1.807) is 12.1 Å². The minimum atomic E-state index is -2.28. The van der Waals surface area contributed by atoms with E-state index >= 15 is 0 Å². The topological polar surface area (TPSA) is 727 Å². The van der Waals surface area contributed by atoms with Crippen LogP contribution in [0.5, 0.6) is 5.75 Å². The van der Waals surface area contributed by atoms with Crippen LogP contribution in [0.2, 0.25) is 0 Å². The molecule has 0 saturated carbocycles. The molecule has 9 aliphatic rings. The van der Waals surface area contributed by atoms with Crippen LogP contribution in [-0.2, 0) is 91.8 Å². The molecule has 1 aromatic carbocycles. The predicted molar refractivity (Wildman–Crippen MR) is 344 cm³/mol. The second kappa shape index (κ2) is 38.2. The van der Waals surface area contributed by atoms with Crippen molar-refractivity contribution in [1.82, 2.24) is 10.6 Å². The molecule has 632 valence electrons. The van der Waals surface area contributed by atoms with Crippen LogP contribution in [0.25, 0.3) is 0 Å². The Morgan fingerprint density at radius 2 is 0.609 bits per heavy atom. The first kappa shape index (κ1) is 88.7. The van der Waals surface area contributed by atoms with E-state index in [0.29, 0.717) is 6.42 Å². The molecule has 110 heavy (non-hydrogen) atoms. The number of nitrogens with one attached hydrogen (secondary N) is 2. The summed E-state index contributed by atoms with van der Waals surface area (Å²) in [6, 6.07) is 5.10. The molecule has 0 radical (unpaired) electrons.